The fourth-order valence-corrected chi connectivity index (χ4v) is 4.24. The predicted molar refractivity (Wildman–Crippen MR) is 88.2 cm³/mol. The lowest BCUT2D eigenvalue weighted by Crippen LogP contribution is -2.65. The van der Waals surface area contributed by atoms with Crippen molar-refractivity contribution >= 4 is 11.6 Å². The molecule has 0 spiro atoms. The van der Waals surface area contributed by atoms with E-state index in [0.29, 0.717) is 11.6 Å². The SMILES string of the molecule is CCC1(CC)CNC(C2CCCCC2)CN1C/C=C/Cl. The number of halogens is 1. The molecule has 1 aliphatic carbocycles. The lowest BCUT2D eigenvalue weighted by molar-refractivity contribution is 0.0240. The van der Waals surface area contributed by atoms with Crippen molar-refractivity contribution in [3.8, 4) is 0 Å². The molecule has 1 aliphatic heterocycles. The molecule has 0 aromatic carbocycles. The van der Waals surface area contributed by atoms with E-state index in [2.05, 4.69) is 30.1 Å². The lowest BCUT2D eigenvalue weighted by atomic mass is 9.79. The fourth-order valence-electron chi connectivity index (χ4n) is 4.16. The Kier molecular flexibility index (Phi) is 6.38. The van der Waals surface area contributed by atoms with E-state index in [1.807, 2.05) is 0 Å². The highest BCUT2D eigenvalue weighted by Crippen LogP contribution is 2.33. The smallest absolute Gasteiger partial charge is 0.0332 e. The van der Waals surface area contributed by atoms with Gasteiger partial charge in [0.25, 0.3) is 0 Å². The number of rotatable bonds is 5. The summed E-state index contributed by atoms with van der Waals surface area (Å²) in [5, 5.41) is 3.89. The van der Waals surface area contributed by atoms with Crippen LogP contribution in [0.5, 0.6) is 0 Å². The van der Waals surface area contributed by atoms with Crippen molar-refractivity contribution in [3.63, 3.8) is 0 Å². The molecule has 3 heteroatoms. The van der Waals surface area contributed by atoms with Gasteiger partial charge in [0.2, 0.25) is 0 Å². The summed E-state index contributed by atoms with van der Waals surface area (Å²) in [6.45, 7) is 7.97. The van der Waals surface area contributed by atoms with E-state index in [9.17, 15) is 0 Å². The van der Waals surface area contributed by atoms with Gasteiger partial charge in [0.05, 0.1) is 0 Å². The first-order valence-electron chi connectivity index (χ1n) is 8.49. The molecular weight excluding hydrogens is 268 g/mol. The van der Waals surface area contributed by atoms with Crippen LogP contribution in [0.25, 0.3) is 0 Å². The van der Waals surface area contributed by atoms with Crippen molar-refractivity contribution in [2.24, 2.45) is 5.92 Å². The van der Waals surface area contributed by atoms with Crippen LogP contribution >= 0.6 is 11.6 Å². The van der Waals surface area contributed by atoms with Crippen LogP contribution in [0.3, 0.4) is 0 Å². The minimum Gasteiger partial charge on any atom is -0.311 e. The second-order valence-electron chi connectivity index (χ2n) is 6.58. The molecule has 0 aromatic heterocycles. The van der Waals surface area contributed by atoms with Crippen LogP contribution in [0, 0.1) is 5.92 Å². The van der Waals surface area contributed by atoms with Gasteiger partial charge in [-0.2, -0.15) is 0 Å². The minimum absolute atomic E-state index is 0.321. The summed E-state index contributed by atoms with van der Waals surface area (Å²) in [6, 6.07) is 0.685. The number of hydrogen-bond acceptors (Lipinski definition) is 2. The maximum Gasteiger partial charge on any atom is 0.0332 e. The largest absolute Gasteiger partial charge is 0.311 e. The minimum atomic E-state index is 0.321. The summed E-state index contributed by atoms with van der Waals surface area (Å²) in [5.74, 6) is 0.887. The predicted octanol–water partition coefficient (Wildman–Crippen LogP) is 4.15. The highest BCUT2D eigenvalue weighted by molar-refractivity contribution is 6.25. The van der Waals surface area contributed by atoms with E-state index < -0.39 is 0 Å². The first-order chi connectivity index (χ1) is 9.75. The Morgan fingerprint density at radius 1 is 1.20 bits per heavy atom. The number of hydrogen-bond donors (Lipinski definition) is 1. The second kappa shape index (κ2) is 7.82. The van der Waals surface area contributed by atoms with Crippen LogP contribution in [-0.2, 0) is 0 Å². The Labute approximate surface area is 129 Å². The van der Waals surface area contributed by atoms with E-state index in [-0.39, 0.29) is 0 Å². The van der Waals surface area contributed by atoms with Gasteiger partial charge >= 0.3 is 0 Å². The highest BCUT2D eigenvalue weighted by Gasteiger charge is 2.40. The average Bonchev–Trinajstić information content (AvgIpc) is 2.53. The van der Waals surface area contributed by atoms with E-state index in [4.69, 9.17) is 11.6 Å². The third kappa shape index (κ3) is 3.58. The Bertz CT molecular complexity index is 306. The van der Waals surface area contributed by atoms with E-state index in [1.54, 1.807) is 5.54 Å². The Hall–Kier alpha value is -0.0500. The Morgan fingerprint density at radius 3 is 2.50 bits per heavy atom. The molecule has 2 fully saturated rings. The number of nitrogens with zero attached hydrogens (tertiary/aromatic N) is 1. The van der Waals surface area contributed by atoms with E-state index in [0.717, 1.165) is 19.0 Å². The molecule has 116 valence electrons. The molecule has 2 nitrogen and oxygen atoms in total. The number of piperazine rings is 1. The highest BCUT2D eigenvalue weighted by atomic mass is 35.5. The molecule has 0 bridgehead atoms. The third-order valence-corrected chi connectivity index (χ3v) is 5.91. The van der Waals surface area contributed by atoms with Crippen LogP contribution in [-0.4, -0.2) is 36.1 Å². The Morgan fingerprint density at radius 2 is 1.90 bits per heavy atom. The summed E-state index contributed by atoms with van der Waals surface area (Å²) in [5.41, 5.74) is 2.00. The molecule has 1 N–H and O–H groups in total. The normalized spacial score (nSPS) is 29.1. The van der Waals surface area contributed by atoms with Crippen LogP contribution in [0.2, 0.25) is 0 Å². The Balaban J connectivity index is 2.03. The van der Waals surface area contributed by atoms with Gasteiger partial charge < -0.3 is 5.32 Å². The average molecular weight is 299 g/mol. The van der Waals surface area contributed by atoms with Crippen LogP contribution in [0.15, 0.2) is 11.6 Å². The van der Waals surface area contributed by atoms with Gasteiger partial charge in [-0.05, 0) is 31.6 Å². The van der Waals surface area contributed by atoms with Gasteiger partial charge in [-0.25, -0.2) is 0 Å². The maximum absolute atomic E-state index is 5.76. The molecule has 0 amide bonds. The van der Waals surface area contributed by atoms with Crippen molar-refractivity contribution in [1.29, 1.82) is 0 Å². The van der Waals surface area contributed by atoms with E-state index in [1.165, 1.54) is 51.5 Å². The summed E-state index contributed by atoms with van der Waals surface area (Å²) in [4.78, 5) is 2.68. The van der Waals surface area contributed by atoms with Gasteiger partial charge in [-0.15, -0.1) is 0 Å². The molecule has 1 heterocycles. The van der Waals surface area contributed by atoms with Crippen molar-refractivity contribution in [2.45, 2.75) is 70.4 Å². The summed E-state index contributed by atoms with van der Waals surface area (Å²) < 4.78 is 0. The first kappa shape index (κ1) is 16.3. The maximum atomic E-state index is 5.76. The van der Waals surface area contributed by atoms with E-state index >= 15 is 0 Å². The van der Waals surface area contributed by atoms with Crippen molar-refractivity contribution in [3.05, 3.63) is 11.6 Å². The monoisotopic (exact) mass is 298 g/mol. The van der Waals surface area contributed by atoms with Gasteiger partial charge in [-0.3, -0.25) is 4.90 Å². The molecule has 2 aliphatic rings. The van der Waals surface area contributed by atoms with Crippen molar-refractivity contribution < 1.29 is 0 Å². The van der Waals surface area contributed by atoms with Gasteiger partial charge in [0.15, 0.2) is 0 Å². The summed E-state index contributed by atoms with van der Waals surface area (Å²) >= 11 is 5.76. The molecule has 0 radical (unpaired) electrons. The quantitative estimate of drug-likeness (QED) is 0.820. The molecule has 1 unspecified atom stereocenters. The van der Waals surface area contributed by atoms with Crippen LogP contribution in [0.4, 0.5) is 0 Å². The summed E-state index contributed by atoms with van der Waals surface area (Å²) in [6.07, 6.45) is 11.7. The zero-order valence-corrected chi connectivity index (χ0v) is 14.0. The third-order valence-electron chi connectivity index (χ3n) is 5.73. The molecule has 2 rings (SSSR count). The molecule has 0 aromatic rings. The van der Waals surface area contributed by atoms with Crippen molar-refractivity contribution in [2.75, 3.05) is 19.6 Å². The second-order valence-corrected chi connectivity index (χ2v) is 6.84. The zero-order chi connectivity index (χ0) is 14.4. The molecule has 1 saturated carbocycles. The first-order valence-corrected chi connectivity index (χ1v) is 8.93. The van der Waals surface area contributed by atoms with Gasteiger partial charge in [-0.1, -0.05) is 50.8 Å². The topological polar surface area (TPSA) is 15.3 Å². The van der Waals surface area contributed by atoms with Crippen LogP contribution in [0.1, 0.15) is 58.8 Å². The standard InChI is InChI=1S/C17H31ClN2/c1-3-17(4-2)14-19-16(13-20(17)12-8-11-18)15-9-6-5-7-10-15/h8,11,15-16,19H,3-7,9-10,12-14H2,1-2H3/b11-8+. The molecule has 1 atom stereocenters. The van der Waals surface area contributed by atoms with Gasteiger partial charge in [0, 0.05) is 36.8 Å². The lowest BCUT2D eigenvalue weighted by Gasteiger charge is -2.51. The molecule has 20 heavy (non-hydrogen) atoms. The molecular formula is C17H31ClN2. The fraction of sp³-hybridized carbons (Fsp3) is 0.882. The summed E-state index contributed by atoms with van der Waals surface area (Å²) in [7, 11) is 0. The zero-order valence-electron chi connectivity index (χ0n) is 13.2. The molecule has 1 saturated heterocycles. The van der Waals surface area contributed by atoms with Gasteiger partial charge in [0.1, 0.15) is 0 Å². The number of nitrogens with one attached hydrogen (secondary N) is 1. The van der Waals surface area contributed by atoms with Crippen molar-refractivity contribution in [1.82, 2.24) is 10.2 Å². The van der Waals surface area contributed by atoms with Crippen LogP contribution < -0.4 is 5.32 Å².